The minimum Gasteiger partial charge on any atom is -0.300 e. The average Bonchev–Trinajstić information content (AvgIpc) is 1.68. The lowest BCUT2D eigenvalue weighted by atomic mass is 9.93. The van der Waals surface area contributed by atoms with Crippen LogP contribution in [0.2, 0.25) is 6.32 Å². The minimum absolute atomic E-state index is 0.817. The third kappa shape index (κ3) is 4.31. The van der Waals surface area contributed by atoms with Gasteiger partial charge in [-0.05, 0) is 5.92 Å². The molecule has 0 spiro atoms. The summed E-state index contributed by atoms with van der Waals surface area (Å²) in [7, 11) is 4.70. The van der Waals surface area contributed by atoms with Crippen LogP contribution in [0.5, 0.6) is 0 Å². The Kier molecular flexibility index (Phi) is 4.91. The Bertz CT molecular complexity index is 42.7. The first kappa shape index (κ1) is 7.45. The molecule has 42 valence electrons. The van der Waals surface area contributed by atoms with Crippen LogP contribution in [-0.2, 0) is 0 Å². The molecule has 0 radical (unpaired) electrons. The molecule has 0 saturated carbocycles. The standard InChI is InChI=1S/C4H13BNP/c1-4(2-5)3-6-7/h4,6H,2-3,5,7H2,1H3/t4-/m1/s1. The van der Waals surface area contributed by atoms with E-state index in [2.05, 4.69) is 29.2 Å². The quantitative estimate of drug-likeness (QED) is 0.407. The van der Waals surface area contributed by atoms with Crippen molar-refractivity contribution in [2.24, 2.45) is 5.92 Å². The van der Waals surface area contributed by atoms with Crippen LogP contribution in [0.1, 0.15) is 6.92 Å². The minimum atomic E-state index is 0.817. The molecule has 0 fully saturated rings. The molecule has 0 aliphatic heterocycles. The van der Waals surface area contributed by atoms with Crippen LogP contribution in [0.3, 0.4) is 0 Å². The molecule has 0 saturated heterocycles. The van der Waals surface area contributed by atoms with Crippen LogP contribution in [0.25, 0.3) is 0 Å². The normalized spacial score (nSPS) is 14.0. The zero-order chi connectivity index (χ0) is 5.70. The Hall–Kier alpha value is 0.455. The third-order valence-corrected chi connectivity index (χ3v) is 1.40. The highest BCUT2D eigenvalue weighted by atomic mass is 31.0. The molecule has 0 bridgehead atoms. The fourth-order valence-electron chi connectivity index (χ4n) is 0.346. The number of hydrogen-bond donors (Lipinski definition) is 1. The summed E-state index contributed by atoms with van der Waals surface area (Å²) in [5.74, 6) is 0.817. The fraction of sp³-hybridized carbons (Fsp3) is 1.00. The van der Waals surface area contributed by atoms with Gasteiger partial charge in [-0.15, -0.1) is 0 Å². The van der Waals surface area contributed by atoms with Gasteiger partial charge in [0.2, 0.25) is 0 Å². The molecular formula is C4H13BNP. The van der Waals surface area contributed by atoms with Gasteiger partial charge in [0, 0.05) is 6.54 Å². The van der Waals surface area contributed by atoms with Crippen LogP contribution in [0.15, 0.2) is 0 Å². The van der Waals surface area contributed by atoms with Gasteiger partial charge in [-0.2, -0.15) is 0 Å². The Labute approximate surface area is 48.9 Å². The van der Waals surface area contributed by atoms with Crippen molar-refractivity contribution in [2.75, 3.05) is 6.54 Å². The van der Waals surface area contributed by atoms with Gasteiger partial charge in [0.25, 0.3) is 0 Å². The second-order valence-electron chi connectivity index (χ2n) is 1.92. The summed E-state index contributed by atoms with van der Waals surface area (Å²) in [4.78, 5) is 0. The van der Waals surface area contributed by atoms with Gasteiger partial charge in [0.15, 0.2) is 0 Å². The molecule has 1 nitrogen and oxygen atoms in total. The van der Waals surface area contributed by atoms with Crippen molar-refractivity contribution in [1.29, 1.82) is 0 Å². The highest BCUT2D eigenvalue weighted by Crippen LogP contribution is 1.95. The Morgan fingerprint density at radius 2 is 2.43 bits per heavy atom. The molecular weight excluding hydrogens is 104 g/mol. The van der Waals surface area contributed by atoms with Crippen molar-refractivity contribution in [1.82, 2.24) is 5.09 Å². The van der Waals surface area contributed by atoms with E-state index in [9.17, 15) is 0 Å². The summed E-state index contributed by atoms with van der Waals surface area (Å²) in [5, 5.41) is 3.04. The van der Waals surface area contributed by atoms with Crippen LogP contribution in [0, 0.1) is 5.92 Å². The third-order valence-electron chi connectivity index (χ3n) is 1.16. The summed E-state index contributed by atoms with van der Waals surface area (Å²) < 4.78 is 0. The van der Waals surface area contributed by atoms with E-state index < -0.39 is 0 Å². The van der Waals surface area contributed by atoms with Crippen molar-refractivity contribution in [2.45, 2.75) is 13.2 Å². The molecule has 0 aliphatic carbocycles. The maximum atomic E-state index is 3.04. The summed E-state index contributed by atoms with van der Waals surface area (Å²) >= 11 is 0. The summed E-state index contributed by atoms with van der Waals surface area (Å²) in [6.45, 7) is 3.35. The summed E-state index contributed by atoms with van der Waals surface area (Å²) in [5.41, 5.74) is 0. The molecule has 3 heteroatoms. The maximum absolute atomic E-state index is 3.04. The number of nitrogens with one attached hydrogen (secondary N) is 1. The predicted molar refractivity (Wildman–Crippen MR) is 40.2 cm³/mol. The van der Waals surface area contributed by atoms with Crippen molar-refractivity contribution in [3.8, 4) is 0 Å². The lowest BCUT2D eigenvalue weighted by molar-refractivity contribution is 0.639. The van der Waals surface area contributed by atoms with Gasteiger partial charge in [0.1, 0.15) is 7.85 Å². The van der Waals surface area contributed by atoms with E-state index in [1.165, 1.54) is 6.32 Å². The van der Waals surface area contributed by atoms with Crippen molar-refractivity contribution < 1.29 is 0 Å². The van der Waals surface area contributed by atoms with Crippen LogP contribution < -0.4 is 5.09 Å². The monoisotopic (exact) mass is 117 g/mol. The largest absolute Gasteiger partial charge is 0.300 e. The molecule has 0 heterocycles. The molecule has 0 rings (SSSR count). The predicted octanol–water partition coefficient (Wildman–Crippen LogP) is 0.0536. The van der Waals surface area contributed by atoms with E-state index in [4.69, 9.17) is 0 Å². The van der Waals surface area contributed by atoms with E-state index >= 15 is 0 Å². The zero-order valence-corrected chi connectivity index (χ0v) is 6.22. The highest BCUT2D eigenvalue weighted by Gasteiger charge is 1.92. The molecule has 1 N–H and O–H groups in total. The van der Waals surface area contributed by atoms with Gasteiger partial charge >= 0.3 is 0 Å². The lowest BCUT2D eigenvalue weighted by Crippen LogP contribution is -2.09. The van der Waals surface area contributed by atoms with Gasteiger partial charge in [0.05, 0.1) is 0 Å². The van der Waals surface area contributed by atoms with E-state index in [0.717, 1.165) is 12.5 Å². The maximum Gasteiger partial charge on any atom is 0.101 e. The molecule has 0 amide bonds. The van der Waals surface area contributed by atoms with E-state index in [-0.39, 0.29) is 0 Å². The SMILES string of the molecule is BC[C@@H](C)CNP. The van der Waals surface area contributed by atoms with Crippen LogP contribution in [-0.4, -0.2) is 14.4 Å². The fourth-order valence-corrected chi connectivity index (χ4v) is 0.748. The van der Waals surface area contributed by atoms with Gasteiger partial charge in [-0.1, -0.05) is 22.6 Å². The zero-order valence-electron chi connectivity index (χ0n) is 5.07. The molecule has 0 aromatic carbocycles. The second-order valence-corrected chi connectivity index (χ2v) is 2.33. The molecule has 2 atom stereocenters. The Morgan fingerprint density at radius 1 is 1.86 bits per heavy atom. The van der Waals surface area contributed by atoms with Gasteiger partial charge in [-0.3, -0.25) is 0 Å². The Morgan fingerprint density at radius 3 is 2.57 bits per heavy atom. The van der Waals surface area contributed by atoms with Crippen molar-refractivity contribution in [3.05, 3.63) is 0 Å². The van der Waals surface area contributed by atoms with Gasteiger partial charge in [-0.25, -0.2) is 0 Å². The molecule has 7 heavy (non-hydrogen) atoms. The average molecular weight is 117 g/mol. The molecule has 0 aromatic rings. The van der Waals surface area contributed by atoms with Crippen LogP contribution >= 0.6 is 9.39 Å². The van der Waals surface area contributed by atoms with E-state index in [1.54, 1.807) is 0 Å². The van der Waals surface area contributed by atoms with E-state index in [1.807, 2.05) is 0 Å². The summed E-state index contributed by atoms with van der Waals surface area (Å²) in [6.07, 6.45) is 1.27. The topological polar surface area (TPSA) is 12.0 Å². The number of hydrogen-bond acceptors (Lipinski definition) is 1. The van der Waals surface area contributed by atoms with Crippen LogP contribution in [0.4, 0.5) is 0 Å². The molecule has 0 aromatic heterocycles. The van der Waals surface area contributed by atoms with Crippen molar-refractivity contribution >= 4 is 17.2 Å². The van der Waals surface area contributed by atoms with Gasteiger partial charge < -0.3 is 5.09 Å². The number of rotatable bonds is 3. The van der Waals surface area contributed by atoms with Crippen molar-refractivity contribution in [3.63, 3.8) is 0 Å². The smallest absolute Gasteiger partial charge is 0.101 e. The highest BCUT2D eigenvalue weighted by molar-refractivity contribution is 7.13. The first-order valence-corrected chi connectivity index (χ1v) is 3.32. The first-order chi connectivity index (χ1) is 3.31. The van der Waals surface area contributed by atoms with E-state index in [0.29, 0.717) is 0 Å². The first-order valence-electron chi connectivity index (χ1n) is 2.74. The Balaban J connectivity index is 2.83. The lowest BCUT2D eigenvalue weighted by Gasteiger charge is -2.03. The summed E-state index contributed by atoms with van der Waals surface area (Å²) in [6, 6.07) is 0. The molecule has 0 aliphatic rings. The second kappa shape index (κ2) is 4.61. The molecule has 1 unspecified atom stereocenters.